The average molecular weight is 355 g/mol. The Hall–Kier alpha value is -2.40. The molecule has 0 fully saturated rings. The molecule has 23 heavy (non-hydrogen) atoms. The lowest BCUT2D eigenvalue weighted by atomic mass is 10.2. The number of thioether (sulfide) groups is 1. The molecule has 0 radical (unpaired) electrons. The predicted molar refractivity (Wildman–Crippen MR) is 87.9 cm³/mol. The number of hydrogen-bond acceptors (Lipinski definition) is 9. The van der Waals surface area contributed by atoms with Gasteiger partial charge in [0.15, 0.2) is 4.34 Å². The van der Waals surface area contributed by atoms with Crippen molar-refractivity contribution in [3.8, 4) is 5.75 Å². The monoisotopic (exact) mass is 355 g/mol. The van der Waals surface area contributed by atoms with Crippen molar-refractivity contribution >= 4 is 45.5 Å². The van der Waals surface area contributed by atoms with Crippen LogP contribution in [0.25, 0.3) is 0 Å². The summed E-state index contributed by atoms with van der Waals surface area (Å²) in [6, 6.07) is 3.98. The van der Waals surface area contributed by atoms with Crippen molar-refractivity contribution in [2.75, 3.05) is 18.2 Å². The van der Waals surface area contributed by atoms with E-state index in [0.29, 0.717) is 15.2 Å². The van der Waals surface area contributed by atoms with Gasteiger partial charge in [0.05, 0.1) is 23.0 Å². The lowest BCUT2D eigenvalue weighted by Gasteiger charge is -2.13. The zero-order valence-electron chi connectivity index (χ0n) is 12.2. The second-order valence-electron chi connectivity index (χ2n) is 4.30. The molecule has 0 spiro atoms. The van der Waals surface area contributed by atoms with E-state index in [-0.39, 0.29) is 17.3 Å². The summed E-state index contributed by atoms with van der Waals surface area (Å²) in [5, 5.41) is 20.8. The van der Waals surface area contributed by atoms with Crippen molar-refractivity contribution in [2.45, 2.75) is 16.5 Å². The van der Waals surface area contributed by atoms with Gasteiger partial charge in [-0.1, -0.05) is 23.1 Å². The number of carbonyl (C=O) groups is 1. The molecule has 1 aromatic carbocycles. The molecule has 11 heteroatoms. The quantitative estimate of drug-likeness (QED) is 0.457. The zero-order valence-corrected chi connectivity index (χ0v) is 13.8. The maximum atomic E-state index is 12.2. The molecule has 2 rings (SSSR count). The summed E-state index contributed by atoms with van der Waals surface area (Å²) in [5.41, 5.74) is 5.58. The number of nitrogen functional groups attached to an aromatic ring is 1. The van der Waals surface area contributed by atoms with Crippen molar-refractivity contribution in [1.29, 1.82) is 0 Å². The molecule has 0 aliphatic carbocycles. The highest BCUT2D eigenvalue weighted by Crippen LogP contribution is 2.31. The third kappa shape index (κ3) is 4.29. The molecule has 0 aliphatic heterocycles. The molecule has 0 saturated heterocycles. The summed E-state index contributed by atoms with van der Waals surface area (Å²) >= 11 is 2.37. The van der Waals surface area contributed by atoms with E-state index in [1.54, 1.807) is 6.92 Å². The number of hydrogen-bond donors (Lipinski definition) is 2. The Kier molecular flexibility index (Phi) is 5.34. The second kappa shape index (κ2) is 7.24. The standard InChI is InChI=1S/C12H13N5O4S2/c1-6(22-12-16-15-11(13)23-12)10(18)14-8-5-7(17(19)20)3-4-9(8)21-2/h3-6H,1-2H3,(H2,13,15)(H,14,18)/t6-/m0/s1. The Balaban J connectivity index is 2.12. The van der Waals surface area contributed by atoms with Gasteiger partial charge < -0.3 is 15.8 Å². The van der Waals surface area contributed by atoms with Crippen molar-refractivity contribution < 1.29 is 14.5 Å². The molecule has 0 bridgehead atoms. The fraction of sp³-hybridized carbons (Fsp3) is 0.250. The third-order valence-electron chi connectivity index (χ3n) is 2.72. The average Bonchev–Trinajstić information content (AvgIpc) is 2.92. The first kappa shape index (κ1) is 17.0. The van der Waals surface area contributed by atoms with Crippen LogP contribution >= 0.6 is 23.1 Å². The first-order valence-electron chi connectivity index (χ1n) is 6.29. The maximum absolute atomic E-state index is 12.2. The molecule has 9 nitrogen and oxygen atoms in total. The summed E-state index contributed by atoms with van der Waals surface area (Å²) in [6.07, 6.45) is 0. The molecule has 2 aromatic rings. The van der Waals surface area contributed by atoms with Crippen LogP contribution in [0.1, 0.15) is 6.92 Å². The van der Waals surface area contributed by atoms with Gasteiger partial charge in [-0.2, -0.15) is 0 Å². The van der Waals surface area contributed by atoms with Crippen molar-refractivity contribution in [2.24, 2.45) is 0 Å². The number of rotatable bonds is 6. The number of nitrogens with two attached hydrogens (primary N) is 1. The van der Waals surface area contributed by atoms with Gasteiger partial charge in [-0.3, -0.25) is 14.9 Å². The van der Waals surface area contributed by atoms with Crippen LogP contribution in [0.3, 0.4) is 0 Å². The molecule has 3 N–H and O–H groups in total. The number of benzene rings is 1. The first-order chi connectivity index (χ1) is 10.9. The van der Waals surface area contributed by atoms with Crippen molar-refractivity contribution in [1.82, 2.24) is 10.2 Å². The minimum Gasteiger partial charge on any atom is -0.495 e. The van der Waals surface area contributed by atoms with E-state index in [4.69, 9.17) is 10.5 Å². The van der Waals surface area contributed by atoms with Crippen LogP contribution < -0.4 is 15.8 Å². The number of ether oxygens (including phenoxy) is 1. The van der Waals surface area contributed by atoms with Gasteiger partial charge in [-0.25, -0.2) is 0 Å². The van der Waals surface area contributed by atoms with E-state index in [1.807, 2.05) is 0 Å². The van der Waals surface area contributed by atoms with Gasteiger partial charge in [0.1, 0.15) is 5.75 Å². The zero-order chi connectivity index (χ0) is 17.0. The van der Waals surface area contributed by atoms with Gasteiger partial charge in [0.2, 0.25) is 11.0 Å². The van der Waals surface area contributed by atoms with Gasteiger partial charge in [-0.15, -0.1) is 10.2 Å². The molecule has 1 aromatic heterocycles. The van der Waals surface area contributed by atoms with Crippen LogP contribution in [0.2, 0.25) is 0 Å². The summed E-state index contributed by atoms with van der Waals surface area (Å²) in [4.78, 5) is 22.5. The Morgan fingerprint density at radius 3 is 2.83 bits per heavy atom. The topological polar surface area (TPSA) is 133 Å². The first-order valence-corrected chi connectivity index (χ1v) is 7.99. The highest BCUT2D eigenvalue weighted by atomic mass is 32.2. The number of nitrogens with zero attached hydrogens (tertiary/aromatic N) is 3. The van der Waals surface area contributed by atoms with Crippen LogP contribution in [-0.2, 0) is 4.79 Å². The Morgan fingerprint density at radius 1 is 1.52 bits per heavy atom. The second-order valence-corrected chi connectivity index (χ2v) is 6.89. The Labute approximate surface area is 139 Å². The molecule has 1 atom stereocenters. The fourth-order valence-electron chi connectivity index (χ4n) is 1.61. The number of amides is 1. The van der Waals surface area contributed by atoms with Crippen LogP contribution in [0, 0.1) is 10.1 Å². The smallest absolute Gasteiger partial charge is 0.271 e. The molecule has 122 valence electrons. The number of carbonyl (C=O) groups excluding carboxylic acids is 1. The number of nitro groups is 1. The summed E-state index contributed by atoms with van der Waals surface area (Å²) < 4.78 is 5.67. The van der Waals surface area contributed by atoms with Crippen LogP contribution in [-0.4, -0.2) is 33.4 Å². The molecule has 1 amide bonds. The number of nitrogens with one attached hydrogen (secondary N) is 1. The fourth-order valence-corrected chi connectivity index (χ4v) is 3.39. The van der Waals surface area contributed by atoms with Gasteiger partial charge in [0, 0.05) is 12.1 Å². The molecular weight excluding hydrogens is 342 g/mol. The Morgan fingerprint density at radius 2 is 2.26 bits per heavy atom. The number of methoxy groups -OCH3 is 1. The van der Waals surface area contributed by atoms with Gasteiger partial charge in [-0.05, 0) is 13.0 Å². The largest absolute Gasteiger partial charge is 0.495 e. The van der Waals surface area contributed by atoms with Gasteiger partial charge in [0.25, 0.3) is 5.69 Å². The number of nitro benzene ring substituents is 1. The van der Waals surface area contributed by atoms with E-state index in [9.17, 15) is 14.9 Å². The van der Waals surface area contributed by atoms with Crippen LogP contribution in [0.5, 0.6) is 5.75 Å². The number of non-ortho nitro benzene ring substituents is 1. The van der Waals surface area contributed by atoms with Gasteiger partial charge >= 0.3 is 0 Å². The third-order valence-corrected chi connectivity index (χ3v) is 4.66. The minimum absolute atomic E-state index is 0.140. The summed E-state index contributed by atoms with van der Waals surface area (Å²) in [6.45, 7) is 1.68. The number of anilines is 2. The lowest BCUT2D eigenvalue weighted by Crippen LogP contribution is -2.22. The summed E-state index contributed by atoms with van der Waals surface area (Å²) in [5.74, 6) is -0.0103. The predicted octanol–water partition coefficient (Wildman–Crippen LogP) is 2.16. The molecular formula is C12H13N5O4S2. The van der Waals surface area contributed by atoms with Crippen LogP contribution in [0.15, 0.2) is 22.5 Å². The SMILES string of the molecule is COc1ccc([N+](=O)[O-])cc1NC(=O)[C@H](C)Sc1nnc(N)s1. The minimum atomic E-state index is -0.544. The highest BCUT2D eigenvalue weighted by Gasteiger charge is 2.20. The normalized spacial score (nSPS) is 11.7. The van der Waals surface area contributed by atoms with E-state index in [1.165, 1.54) is 48.4 Å². The molecule has 0 unspecified atom stereocenters. The summed E-state index contributed by atoms with van der Waals surface area (Å²) in [7, 11) is 1.42. The molecule has 0 aliphatic rings. The highest BCUT2D eigenvalue weighted by molar-refractivity contribution is 8.02. The lowest BCUT2D eigenvalue weighted by molar-refractivity contribution is -0.384. The van der Waals surface area contributed by atoms with E-state index in [2.05, 4.69) is 15.5 Å². The van der Waals surface area contributed by atoms with E-state index < -0.39 is 10.2 Å². The van der Waals surface area contributed by atoms with Crippen LogP contribution in [0.4, 0.5) is 16.5 Å². The Bertz CT molecular complexity index is 736. The molecule has 0 saturated carbocycles. The maximum Gasteiger partial charge on any atom is 0.271 e. The van der Waals surface area contributed by atoms with Crippen molar-refractivity contribution in [3.05, 3.63) is 28.3 Å². The van der Waals surface area contributed by atoms with E-state index in [0.717, 1.165) is 0 Å². The van der Waals surface area contributed by atoms with Crippen molar-refractivity contribution in [3.63, 3.8) is 0 Å². The van der Waals surface area contributed by atoms with E-state index >= 15 is 0 Å². The molecule has 1 heterocycles. The number of aromatic nitrogens is 2.